The summed E-state index contributed by atoms with van der Waals surface area (Å²) in [6, 6.07) is 10.9. The Hall–Kier alpha value is -1.35. The van der Waals surface area contributed by atoms with Crippen LogP contribution in [0.15, 0.2) is 30.3 Å². The Labute approximate surface area is 102 Å². The first-order valence-electron chi connectivity index (χ1n) is 6.14. The second-order valence-electron chi connectivity index (χ2n) is 4.88. The van der Waals surface area contributed by atoms with Crippen molar-refractivity contribution in [2.45, 2.75) is 25.3 Å². The molecule has 1 fully saturated rings. The number of nitrogens with zero attached hydrogens (tertiary/aromatic N) is 1. The predicted molar refractivity (Wildman–Crippen MR) is 66.9 cm³/mol. The standard InChI is InChI=1S/C14H19NO2/c1-15(13-9-12(10-13)14(16)17)8-7-11-5-3-2-4-6-11/h2-6,12-13H,7-10H2,1H3,(H,16,17). The molecule has 0 amide bonds. The molecule has 0 atom stereocenters. The SMILES string of the molecule is CN(CCc1ccccc1)C1CC(C(=O)O)C1. The number of carbonyl (C=O) groups is 1. The van der Waals surface area contributed by atoms with Gasteiger partial charge in [-0.1, -0.05) is 30.3 Å². The predicted octanol–water partition coefficient (Wildman–Crippen LogP) is 2.02. The third kappa shape index (κ3) is 3.07. The van der Waals surface area contributed by atoms with Crippen molar-refractivity contribution >= 4 is 5.97 Å². The monoisotopic (exact) mass is 233 g/mol. The molecular weight excluding hydrogens is 214 g/mol. The van der Waals surface area contributed by atoms with E-state index in [9.17, 15) is 4.79 Å². The highest BCUT2D eigenvalue weighted by atomic mass is 16.4. The molecule has 1 aliphatic rings. The quantitative estimate of drug-likeness (QED) is 0.846. The molecule has 3 nitrogen and oxygen atoms in total. The van der Waals surface area contributed by atoms with Crippen LogP contribution in [-0.2, 0) is 11.2 Å². The number of hydrogen-bond acceptors (Lipinski definition) is 2. The summed E-state index contributed by atoms with van der Waals surface area (Å²) < 4.78 is 0. The van der Waals surface area contributed by atoms with Gasteiger partial charge in [0.2, 0.25) is 0 Å². The van der Waals surface area contributed by atoms with Crippen LogP contribution in [0.3, 0.4) is 0 Å². The van der Waals surface area contributed by atoms with Crippen molar-refractivity contribution in [1.29, 1.82) is 0 Å². The van der Waals surface area contributed by atoms with Crippen molar-refractivity contribution in [3.63, 3.8) is 0 Å². The Balaban J connectivity index is 1.72. The number of hydrogen-bond donors (Lipinski definition) is 1. The van der Waals surface area contributed by atoms with E-state index in [1.807, 2.05) is 6.07 Å². The van der Waals surface area contributed by atoms with Gasteiger partial charge in [0.15, 0.2) is 0 Å². The minimum absolute atomic E-state index is 0.112. The average Bonchev–Trinajstić information content (AvgIpc) is 2.25. The smallest absolute Gasteiger partial charge is 0.306 e. The Morgan fingerprint density at radius 3 is 2.59 bits per heavy atom. The van der Waals surface area contributed by atoms with Crippen LogP contribution in [0.25, 0.3) is 0 Å². The normalized spacial score (nSPS) is 23.4. The maximum absolute atomic E-state index is 10.7. The van der Waals surface area contributed by atoms with Gasteiger partial charge in [-0.3, -0.25) is 4.79 Å². The number of carboxylic acids is 1. The van der Waals surface area contributed by atoms with Crippen molar-refractivity contribution in [3.8, 4) is 0 Å². The number of carboxylic acid groups (broad SMARTS) is 1. The third-order valence-corrected chi connectivity index (χ3v) is 3.68. The summed E-state index contributed by atoms with van der Waals surface area (Å²) in [5, 5.41) is 8.82. The van der Waals surface area contributed by atoms with Gasteiger partial charge in [-0.2, -0.15) is 0 Å². The Kier molecular flexibility index (Phi) is 3.79. The molecular formula is C14H19NO2. The summed E-state index contributed by atoms with van der Waals surface area (Å²) in [4.78, 5) is 13.0. The second kappa shape index (κ2) is 5.32. The zero-order valence-electron chi connectivity index (χ0n) is 10.2. The fraction of sp³-hybridized carbons (Fsp3) is 0.500. The van der Waals surface area contributed by atoms with Crippen molar-refractivity contribution in [2.24, 2.45) is 5.92 Å². The molecule has 1 saturated carbocycles. The summed E-state index contributed by atoms with van der Waals surface area (Å²) in [6.07, 6.45) is 2.65. The third-order valence-electron chi connectivity index (χ3n) is 3.68. The van der Waals surface area contributed by atoms with E-state index in [0.29, 0.717) is 6.04 Å². The van der Waals surface area contributed by atoms with Crippen LogP contribution in [0, 0.1) is 5.92 Å². The second-order valence-corrected chi connectivity index (χ2v) is 4.88. The lowest BCUT2D eigenvalue weighted by molar-refractivity contribution is -0.146. The molecule has 1 aromatic rings. The van der Waals surface area contributed by atoms with Gasteiger partial charge >= 0.3 is 5.97 Å². The van der Waals surface area contributed by atoms with Gasteiger partial charge < -0.3 is 10.0 Å². The van der Waals surface area contributed by atoms with E-state index in [-0.39, 0.29) is 5.92 Å². The van der Waals surface area contributed by atoms with Crippen LogP contribution < -0.4 is 0 Å². The maximum Gasteiger partial charge on any atom is 0.306 e. The Bertz CT molecular complexity index is 371. The van der Waals surface area contributed by atoms with E-state index in [4.69, 9.17) is 5.11 Å². The zero-order chi connectivity index (χ0) is 12.3. The van der Waals surface area contributed by atoms with Gasteiger partial charge in [-0.15, -0.1) is 0 Å². The van der Waals surface area contributed by atoms with Crippen LogP contribution in [0.2, 0.25) is 0 Å². The van der Waals surface area contributed by atoms with Crippen LogP contribution >= 0.6 is 0 Å². The molecule has 0 heterocycles. The lowest BCUT2D eigenvalue weighted by atomic mass is 9.79. The maximum atomic E-state index is 10.7. The molecule has 3 heteroatoms. The fourth-order valence-electron chi connectivity index (χ4n) is 2.28. The van der Waals surface area contributed by atoms with E-state index in [1.165, 1.54) is 5.56 Å². The molecule has 92 valence electrons. The van der Waals surface area contributed by atoms with E-state index in [2.05, 4.69) is 36.2 Å². The molecule has 2 rings (SSSR count). The molecule has 0 aliphatic heterocycles. The van der Waals surface area contributed by atoms with Gasteiger partial charge in [0, 0.05) is 12.6 Å². The van der Waals surface area contributed by atoms with E-state index >= 15 is 0 Å². The number of likely N-dealkylation sites (N-methyl/N-ethyl adjacent to an activating group) is 1. The minimum Gasteiger partial charge on any atom is -0.481 e. The number of benzene rings is 1. The minimum atomic E-state index is -0.641. The van der Waals surface area contributed by atoms with Gasteiger partial charge in [-0.05, 0) is 31.9 Å². The van der Waals surface area contributed by atoms with Crippen LogP contribution in [0.4, 0.5) is 0 Å². The molecule has 1 aliphatic carbocycles. The van der Waals surface area contributed by atoms with Crippen molar-refractivity contribution in [2.75, 3.05) is 13.6 Å². The first-order valence-corrected chi connectivity index (χ1v) is 6.14. The fourth-order valence-corrected chi connectivity index (χ4v) is 2.28. The van der Waals surface area contributed by atoms with Crippen molar-refractivity contribution < 1.29 is 9.90 Å². The van der Waals surface area contributed by atoms with E-state index in [0.717, 1.165) is 25.8 Å². The molecule has 0 radical (unpaired) electrons. The summed E-state index contributed by atoms with van der Waals surface area (Å²) >= 11 is 0. The first-order chi connectivity index (χ1) is 8.16. The Morgan fingerprint density at radius 1 is 1.35 bits per heavy atom. The van der Waals surface area contributed by atoms with Crippen LogP contribution in [0.5, 0.6) is 0 Å². The molecule has 0 aromatic heterocycles. The Morgan fingerprint density at radius 2 is 2.00 bits per heavy atom. The molecule has 17 heavy (non-hydrogen) atoms. The largest absolute Gasteiger partial charge is 0.481 e. The highest BCUT2D eigenvalue weighted by Crippen LogP contribution is 2.31. The lowest BCUT2D eigenvalue weighted by Gasteiger charge is -2.39. The molecule has 0 unspecified atom stereocenters. The number of rotatable bonds is 5. The van der Waals surface area contributed by atoms with Crippen LogP contribution in [0.1, 0.15) is 18.4 Å². The molecule has 0 spiro atoms. The summed E-state index contributed by atoms with van der Waals surface area (Å²) in [6.45, 7) is 1.00. The lowest BCUT2D eigenvalue weighted by Crippen LogP contribution is -2.45. The first kappa shape index (κ1) is 12.1. The molecule has 1 N–H and O–H groups in total. The molecule has 1 aromatic carbocycles. The summed E-state index contributed by atoms with van der Waals surface area (Å²) in [7, 11) is 2.09. The van der Waals surface area contributed by atoms with Crippen molar-refractivity contribution in [3.05, 3.63) is 35.9 Å². The van der Waals surface area contributed by atoms with Gasteiger partial charge in [0.25, 0.3) is 0 Å². The summed E-state index contributed by atoms with van der Waals surface area (Å²) in [5.74, 6) is -0.753. The highest BCUT2D eigenvalue weighted by Gasteiger charge is 2.36. The van der Waals surface area contributed by atoms with Crippen molar-refractivity contribution in [1.82, 2.24) is 4.90 Å². The number of aliphatic carboxylic acids is 1. The van der Waals surface area contributed by atoms with Gasteiger partial charge in [0.1, 0.15) is 0 Å². The average molecular weight is 233 g/mol. The highest BCUT2D eigenvalue weighted by molar-refractivity contribution is 5.71. The van der Waals surface area contributed by atoms with E-state index < -0.39 is 5.97 Å². The summed E-state index contributed by atoms with van der Waals surface area (Å²) in [5.41, 5.74) is 1.34. The molecule has 0 bridgehead atoms. The van der Waals surface area contributed by atoms with E-state index in [1.54, 1.807) is 0 Å². The molecule has 0 saturated heterocycles. The van der Waals surface area contributed by atoms with Crippen LogP contribution in [-0.4, -0.2) is 35.6 Å². The zero-order valence-corrected chi connectivity index (χ0v) is 10.2. The van der Waals surface area contributed by atoms with Gasteiger partial charge in [0.05, 0.1) is 5.92 Å². The topological polar surface area (TPSA) is 40.5 Å². The van der Waals surface area contributed by atoms with Gasteiger partial charge in [-0.25, -0.2) is 0 Å².